The molecule has 5 heteroatoms. The van der Waals surface area contributed by atoms with E-state index >= 15 is 0 Å². The van der Waals surface area contributed by atoms with E-state index in [1.54, 1.807) is 12.1 Å². The molecule has 1 fully saturated rings. The first-order valence-corrected chi connectivity index (χ1v) is 6.87. The second-order valence-corrected chi connectivity index (χ2v) is 5.61. The Morgan fingerprint density at radius 3 is 2.61 bits per heavy atom. The van der Waals surface area contributed by atoms with Crippen LogP contribution in [0.4, 0.5) is 11.4 Å². The monoisotopic (exact) mass is 288 g/mol. The van der Waals surface area contributed by atoms with Gasteiger partial charge in [0.05, 0.1) is 22.3 Å². The molecule has 1 aliphatic rings. The third-order valence-corrected chi connectivity index (χ3v) is 3.78. The zero-order chi connectivity index (χ0) is 13.1. The Labute approximate surface area is 118 Å². The van der Waals surface area contributed by atoms with Crippen molar-refractivity contribution < 1.29 is 4.74 Å². The van der Waals surface area contributed by atoms with Crippen molar-refractivity contribution in [2.24, 2.45) is 5.92 Å². The van der Waals surface area contributed by atoms with Gasteiger partial charge in [-0.1, -0.05) is 23.2 Å². The van der Waals surface area contributed by atoms with Crippen molar-refractivity contribution in [3.05, 3.63) is 22.2 Å². The SMILES string of the molecule is CN(CC1CCCOC1)c1c(Cl)cc(N)cc1Cl. The molecule has 0 radical (unpaired) electrons. The Bertz CT molecular complexity index is 396. The fraction of sp³-hybridized carbons (Fsp3) is 0.538. The standard InChI is InChI=1S/C13H18Cl2N2O/c1-17(7-9-3-2-4-18-8-9)13-11(14)5-10(16)6-12(13)15/h5-6,9H,2-4,7-8,16H2,1H3. The largest absolute Gasteiger partial charge is 0.399 e. The molecule has 1 aromatic carbocycles. The maximum absolute atomic E-state index is 6.21. The number of halogens is 2. The Kier molecular flexibility index (Phi) is 4.60. The normalized spacial score (nSPS) is 19.8. The van der Waals surface area contributed by atoms with E-state index in [1.807, 2.05) is 7.05 Å². The maximum Gasteiger partial charge on any atom is 0.0744 e. The number of ether oxygens (including phenoxy) is 1. The van der Waals surface area contributed by atoms with Crippen LogP contribution in [0.2, 0.25) is 10.0 Å². The van der Waals surface area contributed by atoms with Crippen LogP contribution in [0.3, 0.4) is 0 Å². The molecule has 0 aromatic heterocycles. The molecule has 0 spiro atoms. The Morgan fingerprint density at radius 1 is 1.39 bits per heavy atom. The number of benzene rings is 1. The van der Waals surface area contributed by atoms with E-state index in [9.17, 15) is 0 Å². The molecule has 0 saturated carbocycles. The molecule has 0 amide bonds. The number of nitrogens with zero attached hydrogens (tertiary/aromatic N) is 1. The van der Waals surface area contributed by atoms with E-state index in [0.29, 0.717) is 21.7 Å². The van der Waals surface area contributed by atoms with Gasteiger partial charge in [0.25, 0.3) is 0 Å². The van der Waals surface area contributed by atoms with Gasteiger partial charge in [-0.25, -0.2) is 0 Å². The van der Waals surface area contributed by atoms with Crippen LogP contribution in [0.15, 0.2) is 12.1 Å². The van der Waals surface area contributed by atoms with Crippen LogP contribution >= 0.6 is 23.2 Å². The summed E-state index contributed by atoms with van der Waals surface area (Å²) < 4.78 is 5.49. The van der Waals surface area contributed by atoms with Gasteiger partial charge in [0, 0.05) is 25.9 Å². The van der Waals surface area contributed by atoms with Gasteiger partial charge in [0.2, 0.25) is 0 Å². The summed E-state index contributed by atoms with van der Waals surface area (Å²) in [6.07, 6.45) is 2.32. The van der Waals surface area contributed by atoms with Crippen molar-refractivity contribution in [2.45, 2.75) is 12.8 Å². The van der Waals surface area contributed by atoms with Crippen molar-refractivity contribution in [3.8, 4) is 0 Å². The van der Waals surface area contributed by atoms with Crippen LogP contribution < -0.4 is 10.6 Å². The molecule has 1 heterocycles. The molecule has 1 unspecified atom stereocenters. The van der Waals surface area contributed by atoms with E-state index in [4.69, 9.17) is 33.7 Å². The van der Waals surface area contributed by atoms with Crippen molar-refractivity contribution in [2.75, 3.05) is 37.4 Å². The molecule has 1 aromatic rings. The van der Waals surface area contributed by atoms with Gasteiger partial charge in [-0.3, -0.25) is 0 Å². The highest BCUT2D eigenvalue weighted by molar-refractivity contribution is 6.39. The van der Waals surface area contributed by atoms with Crippen LogP contribution in [-0.2, 0) is 4.74 Å². The lowest BCUT2D eigenvalue weighted by atomic mass is 10.0. The molecule has 1 aliphatic heterocycles. The van der Waals surface area contributed by atoms with Gasteiger partial charge < -0.3 is 15.4 Å². The molecule has 18 heavy (non-hydrogen) atoms. The van der Waals surface area contributed by atoms with Crippen LogP contribution in [0, 0.1) is 5.92 Å². The highest BCUT2D eigenvalue weighted by Gasteiger charge is 2.19. The third-order valence-electron chi connectivity index (χ3n) is 3.21. The topological polar surface area (TPSA) is 38.5 Å². The maximum atomic E-state index is 6.21. The lowest BCUT2D eigenvalue weighted by molar-refractivity contribution is 0.0576. The van der Waals surface area contributed by atoms with Gasteiger partial charge in [-0.15, -0.1) is 0 Å². The highest BCUT2D eigenvalue weighted by atomic mass is 35.5. The van der Waals surface area contributed by atoms with Gasteiger partial charge in [0.1, 0.15) is 0 Å². The van der Waals surface area contributed by atoms with Crippen molar-refractivity contribution in [1.82, 2.24) is 0 Å². The summed E-state index contributed by atoms with van der Waals surface area (Å²) in [6, 6.07) is 3.47. The summed E-state index contributed by atoms with van der Waals surface area (Å²) in [4.78, 5) is 2.09. The first kappa shape index (κ1) is 13.8. The predicted molar refractivity (Wildman–Crippen MR) is 77.7 cm³/mol. The number of rotatable bonds is 3. The summed E-state index contributed by atoms with van der Waals surface area (Å²) >= 11 is 12.4. The molecule has 1 saturated heterocycles. The summed E-state index contributed by atoms with van der Waals surface area (Å²) in [5.41, 5.74) is 7.14. The van der Waals surface area contributed by atoms with Crippen LogP contribution in [0.25, 0.3) is 0 Å². The first-order chi connectivity index (χ1) is 8.58. The van der Waals surface area contributed by atoms with E-state index < -0.39 is 0 Å². The van der Waals surface area contributed by atoms with Crippen LogP contribution in [0.5, 0.6) is 0 Å². The smallest absolute Gasteiger partial charge is 0.0744 e. The van der Waals surface area contributed by atoms with Gasteiger partial charge in [-0.05, 0) is 30.9 Å². The number of hydrogen-bond donors (Lipinski definition) is 1. The molecule has 3 nitrogen and oxygen atoms in total. The van der Waals surface area contributed by atoms with Crippen LogP contribution in [0.1, 0.15) is 12.8 Å². The fourth-order valence-corrected chi connectivity index (χ4v) is 3.17. The van der Waals surface area contributed by atoms with E-state index in [2.05, 4.69) is 4.90 Å². The lowest BCUT2D eigenvalue weighted by Crippen LogP contribution is -2.31. The third kappa shape index (κ3) is 3.22. The van der Waals surface area contributed by atoms with Crippen molar-refractivity contribution in [1.29, 1.82) is 0 Å². The van der Waals surface area contributed by atoms with E-state index in [1.165, 1.54) is 6.42 Å². The average molecular weight is 289 g/mol. The number of hydrogen-bond acceptors (Lipinski definition) is 3. The molecule has 2 rings (SSSR count). The molecule has 1 atom stereocenters. The van der Waals surface area contributed by atoms with E-state index in [-0.39, 0.29) is 0 Å². The minimum absolute atomic E-state index is 0.536. The summed E-state index contributed by atoms with van der Waals surface area (Å²) in [5, 5.41) is 1.19. The second-order valence-electron chi connectivity index (χ2n) is 4.80. The molecular weight excluding hydrogens is 271 g/mol. The van der Waals surface area contributed by atoms with Crippen molar-refractivity contribution >= 4 is 34.6 Å². The fourth-order valence-electron chi connectivity index (χ4n) is 2.38. The number of nitrogen functional groups attached to an aromatic ring is 1. The zero-order valence-corrected chi connectivity index (χ0v) is 12.0. The number of anilines is 2. The highest BCUT2D eigenvalue weighted by Crippen LogP contribution is 2.36. The zero-order valence-electron chi connectivity index (χ0n) is 10.5. The predicted octanol–water partition coefficient (Wildman–Crippen LogP) is 3.44. The summed E-state index contributed by atoms with van der Waals surface area (Å²) in [6.45, 7) is 2.58. The molecule has 0 aliphatic carbocycles. The van der Waals surface area contributed by atoms with Gasteiger partial charge >= 0.3 is 0 Å². The lowest BCUT2D eigenvalue weighted by Gasteiger charge is -2.29. The van der Waals surface area contributed by atoms with Gasteiger partial charge in [-0.2, -0.15) is 0 Å². The van der Waals surface area contributed by atoms with Crippen LogP contribution in [-0.4, -0.2) is 26.8 Å². The van der Waals surface area contributed by atoms with E-state index in [0.717, 1.165) is 31.9 Å². The summed E-state index contributed by atoms with van der Waals surface area (Å²) in [5.74, 6) is 0.536. The van der Waals surface area contributed by atoms with Gasteiger partial charge in [0.15, 0.2) is 0 Å². The van der Waals surface area contributed by atoms with Crippen molar-refractivity contribution in [3.63, 3.8) is 0 Å². The quantitative estimate of drug-likeness (QED) is 0.866. The number of nitrogens with two attached hydrogens (primary N) is 1. The first-order valence-electron chi connectivity index (χ1n) is 6.11. The molecule has 0 bridgehead atoms. The minimum Gasteiger partial charge on any atom is -0.399 e. The second kappa shape index (κ2) is 6.00. The Hall–Kier alpha value is -0.640. The average Bonchev–Trinajstić information content (AvgIpc) is 2.28. The summed E-state index contributed by atoms with van der Waals surface area (Å²) in [7, 11) is 2.00. The minimum atomic E-state index is 0.536. The molecule has 100 valence electrons. The Balaban J connectivity index is 2.10. The Morgan fingerprint density at radius 2 is 2.06 bits per heavy atom. The molecule has 2 N–H and O–H groups in total. The molecular formula is C13H18Cl2N2O.